The van der Waals surface area contributed by atoms with Crippen LogP contribution in [-0.2, 0) is 4.79 Å². The van der Waals surface area contributed by atoms with Gasteiger partial charge in [-0.25, -0.2) is 0 Å². The third-order valence-electron chi connectivity index (χ3n) is 3.29. The van der Waals surface area contributed by atoms with Crippen molar-refractivity contribution < 1.29 is 14.3 Å². The average molecular weight is 548 g/mol. The van der Waals surface area contributed by atoms with E-state index in [0.717, 1.165) is 8.95 Å². The van der Waals surface area contributed by atoms with Crippen LogP contribution in [0.15, 0.2) is 51.4 Å². The maximum absolute atomic E-state index is 12.0. The van der Waals surface area contributed by atoms with Crippen molar-refractivity contribution >= 4 is 78.7 Å². The molecule has 0 unspecified atom stereocenters. The average Bonchev–Trinajstić information content (AvgIpc) is 2.64. The Labute approximate surface area is 188 Å². The number of hydrogen-bond donors (Lipinski definition) is 3. The third-order valence-corrected chi connectivity index (χ3v) is 4.79. The van der Waals surface area contributed by atoms with E-state index in [1.807, 2.05) is 6.07 Å². The first-order chi connectivity index (χ1) is 13.3. The van der Waals surface area contributed by atoms with E-state index < -0.39 is 11.8 Å². The minimum absolute atomic E-state index is 0.0562. The summed E-state index contributed by atoms with van der Waals surface area (Å²) < 4.78 is 6.88. The highest BCUT2D eigenvalue weighted by molar-refractivity contribution is 9.11. The van der Waals surface area contributed by atoms with Crippen LogP contribution in [0.2, 0.25) is 5.02 Å². The number of rotatable bonds is 4. The Morgan fingerprint density at radius 3 is 2.46 bits per heavy atom. The smallest absolute Gasteiger partial charge is 0.269 e. The molecule has 0 aliphatic carbocycles. The summed E-state index contributed by atoms with van der Waals surface area (Å²) in [6, 6.07) is 9.95. The molecule has 0 spiro atoms. The molecule has 28 heavy (non-hydrogen) atoms. The van der Waals surface area contributed by atoms with Gasteiger partial charge in [-0.15, -0.1) is 0 Å². The number of carbonyl (C=O) groups excluding carboxylic acids is 2. The minimum atomic E-state index is -0.476. The van der Waals surface area contributed by atoms with Crippen LogP contribution >= 0.6 is 55.7 Å². The summed E-state index contributed by atoms with van der Waals surface area (Å²) in [7, 11) is 1.54. The van der Waals surface area contributed by atoms with E-state index in [1.165, 1.54) is 13.2 Å². The lowest BCUT2D eigenvalue weighted by Gasteiger charge is -2.10. The van der Waals surface area contributed by atoms with Crippen LogP contribution in [0.4, 0.5) is 0 Å². The van der Waals surface area contributed by atoms with Gasteiger partial charge in [0.25, 0.3) is 5.91 Å². The first-order valence-electron chi connectivity index (χ1n) is 7.68. The standard InChI is InChI=1S/C18H14Br2ClN3O3S/c1-27-16-11(8-12(19)9-14(16)20)4-7-15(25)22-18(28)24-23-17(26)10-2-5-13(21)6-3-10/h2-9H,1H3,(H,23,26)(H2,22,24,25,28). The van der Waals surface area contributed by atoms with Crippen LogP contribution in [-0.4, -0.2) is 24.0 Å². The molecule has 2 aromatic rings. The van der Waals surface area contributed by atoms with Gasteiger partial charge in [0, 0.05) is 26.7 Å². The highest BCUT2D eigenvalue weighted by atomic mass is 79.9. The number of nitrogens with one attached hydrogen (secondary N) is 3. The number of hydrazine groups is 1. The fourth-order valence-electron chi connectivity index (χ4n) is 2.06. The first kappa shape index (κ1) is 22.4. The summed E-state index contributed by atoms with van der Waals surface area (Å²) in [5.74, 6) is -0.313. The number of carbonyl (C=O) groups is 2. The number of hydrogen-bond acceptors (Lipinski definition) is 4. The molecule has 2 aromatic carbocycles. The zero-order chi connectivity index (χ0) is 20.7. The monoisotopic (exact) mass is 545 g/mol. The van der Waals surface area contributed by atoms with E-state index in [-0.39, 0.29) is 5.11 Å². The van der Waals surface area contributed by atoms with E-state index in [0.29, 0.717) is 21.9 Å². The minimum Gasteiger partial charge on any atom is -0.495 e. The van der Waals surface area contributed by atoms with Gasteiger partial charge in [0.05, 0.1) is 11.6 Å². The second-order valence-corrected chi connectivity index (χ2v) is 7.86. The zero-order valence-corrected chi connectivity index (χ0v) is 19.1. The summed E-state index contributed by atoms with van der Waals surface area (Å²) in [4.78, 5) is 24.0. The molecule has 0 bridgehead atoms. The Hall–Kier alpha value is -1.94. The molecule has 0 heterocycles. The molecule has 0 atom stereocenters. The van der Waals surface area contributed by atoms with E-state index in [9.17, 15) is 9.59 Å². The number of thiocarbonyl (C=S) groups is 1. The molecule has 0 saturated heterocycles. The van der Waals surface area contributed by atoms with Gasteiger partial charge in [0.1, 0.15) is 5.75 Å². The lowest BCUT2D eigenvalue weighted by atomic mass is 10.2. The third kappa shape index (κ3) is 6.59. The van der Waals surface area contributed by atoms with Crippen LogP contribution in [0.3, 0.4) is 0 Å². The molecule has 6 nitrogen and oxygen atoms in total. The number of halogens is 3. The van der Waals surface area contributed by atoms with Gasteiger partial charge in [-0.05, 0) is 70.6 Å². The zero-order valence-electron chi connectivity index (χ0n) is 14.4. The van der Waals surface area contributed by atoms with Crippen molar-refractivity contribution in [2.45, 2.75) is 0 Å². The van der Waals surface area contributed by atoms with Crippen molar-refractivity contribution in [1.82, 2.24) is 16.2 Å². The van der Waals surface area contributed by atoms with Crippen molar-refractivity contribution in [3.8, 4) is 5.75 Å². The molecule has 0 radical (unpaired) electrons. The molecule has 0 saturated carbocycles. The van der Waals surface area contributed by atoms with Crippen molar-refractivity contribution in [3.05, 3.63) is 67.6 Å². The van der Waals surface area contributed by atoms with Crippen LogP contribution < -0.4 is 20.9 Å². The van der Waals surface area contributed by atoms with Gasteiger partial charge in [0.2, 0.25) is 5.91 Å². The van der Waals surface area contributed by atoms with Gasteiger partial charge in [0.15, 0.2) is 5.11 Å². The normalized spacial score (nSPS) is 10.4. The first-order valence-corrected chi connectivity index (χ1v) is 10.1. The van der Waals surface area contributed by atoms with Crippen LogP contribution in [0.5, 0.6) is 5.75 Å². The summed E-state index contributed by atoms with van der Waals surface area (Å²) in [5.41, 5.74) is 5.92. The van der Waals surface area contributed by atoms with Gasteiger partial charge in [-0.1, -0.05) is 27.5 Å². The molecular weight excluding hydrogens is 534 g/mol. The second kappa shape index (κ2) is 10.6. The summed E-state index contributed by atoms with van der Waals surface area (Å²) in [6.07, 6.45) is 2.88. The summed E-state index contributed by atoms with van der Waals surface area (Å²) in [6.45, 7) is 0. The highest BCUT2D eigenvalue weighted by Gasteiger charge is 2.09. The van der Waals surface area contributed by atoms with E-state index in [1.54, 1.807) is 36.4 Å². The fraction of sp³-hybridized carbons (Fsp3) is 0.0556. The van der Waals surface area contributed by atoms with Crippen LogP contribution in [0, 0.1) is 0 Å². The van der Waals surface area contributed by atoms with Gasteiger partial charge in [-0.2, -0.15) is 0 Å². The van der Waals surface area contributed by atoms with E-state index >= 15 is 0 Å². The molecule has 2 amide bonds. The molecular formula is C18H14Br2ClN3O3S. The Balaban J connectivity index is 1.90. The topological polar surface area (TPSA) is 79.5 Å². The van der Waals surface area contributed by atoms with E-state index in [2.05, 4.69) is 48.0 Å². The maximum Gasteiger partial charge on any atom is 0.269 e. The van der Waals surface area contributed by atoms with Gasteiger partial charge >= 0.3 is 0 Å². The maximum atomic E-state index is 12.0. The molecule has 0 aliphatic heterocycles. The Kier molecular flexibility index (Phi) is 8.43. The highest BCUT2D eigenvalue weighted by Crippen LogP contribution is 2.33. The Bertz CT molecular complexity index is 936. The van der Waals surface area contributed by atoms with Gasteiger partial charge in [-0.3, -0.25) is 25.8 Å². The number of ether oxygens (including phenoxy) is 1. The predicted octanol–water partition coefficient (Wildman–Crippen LogP) is 4.22. The summed E-state index contributed by atoms with van der Waals surface area (Å²) in [5, 5.41) is 2.89. The van der Waals surface area contributed by atoms with Crippen molar-refractivity contribution in [2.24, 2.45) is 0 Å². The fourth-order valence-corrected chi connectivity index (χ4v) is 3.75. The molecule has 0 fully saturated rings. The van der Waals surface area contributed by atoms with Crippen molar-refractivity contribution in [1.29, 1.82) is 0 Å². The van der Waals surface area contributed by atoms with Crippen molar-refractivity contribution in [3.63, 3.8) is 0 Å². The Morgan fingerprint density at radius 2 is 1.82 bits per heavy atom. The second-order valence-electron chi connectivity index (χ2n) is 5.25. The van der Waals surface area contributed by atoms with E-state index in [4.69, 9.17) is 28.6 Å². The molecule has 0 aromatic heterocycles. The molecule has 0 aliphatic rings. The number of benzene rings is 2. The van der Waals surface area contributed by atoms with Gasteiger partial charge < -0.3 is 4.74 Å². The lowest BCUT2D eigenvalue weighted by Crippen LogP contribution is -2.48. The quantitative estimate of drug-likeness (QED) is 0.304. The summed E-state index contributed by atoms with van der Waals surface area (Å²) >= 11 is 17.5. The number of methoxy groups -OCH3 is 1. The largest absolute Gasteiger partial charge is 0.495 e. The molecule has 10 heteroatoms. The molecule has 3 N–H and O–H groups in total. The molecule has 146 valence electrons. The number of amides is 2. The molecule has 2 rings (SSSR count). The predicted molar refractivity (Wildman–Crippen MR) is 120 cm³/mol. The van der Waals surface area contributed by atoms with Crippen LogP contribution in [0.1, 0.15) is 15.9 Å². The van der Waals surface area contributed by atoms with Crippen molar-refractivity contribution in [2.75, 3.05) is 7.11 Å². The SMILES string of the molecule is COc1c(Br)cc(Br)cc1C=CC(=O)NC(=S)NNC(=O)c1ccc(Cl)cc1. The lowest BCUT2D eigenvalue weighted by molar-refractivity contribution is -0.115. The Morgan fingerprint density at radius 1 is 1.14 bits per heavy atom. The van der Waals surface area contributed by atoms with Crippen LogP contribution in [0.25, 0.3) is 6.08 Å².